The van der Waals surface area contributed by atoms with Gasteiger partial charge >= 0.3 is 0 Å². The van der Waals surface area contributed by atoms with Gasteiger partial charge in [-0.25, -0.2) is 0 Å². The first-order valence-electron chi connectivity index (χ1n) is 17.2. The van der Waals surface area contributed by atoms with E-state index in [9.17, 15) is 9.90 Å². The maximum absolute atomic E-state index is 11.9. The Morgan fingerprint density at radius 2 is 1.12 bits per heavy atom. The van der Waals surface area contributed by atoms with Crippen LogP contribution in [0.5, 0.6) is 0 Å². The minimum absolute atomic E-state index is 0. The SMILES string of the molecule is CC.CC.[B]C1OC(CO)C(O)C1OCC(=O)NCCCCCCCCCCCCCCCCCCCCCC.[HH]. The first-order valence-corrected chi connectivity index (χ1v) is 17.2. The molecular formula is C33H70BNO5. The van der Waals surface area contributed by atoms with Crippen molar-refractivity contribution in [3.05, 3.63) is 0 Å². The Labute approximate surface area is 252 Å². The third-order valence-corrected chi connectivity index (χ3v) is 7.31. The summed E-state index contributed by atoms with van der Waals surface area (Å²) in [4.78, 5) is 11.9. The highest BCUT2D eigenvalue weighted by Crippen LogP contribution is 2.21. The third-order valence-electron chi connectivity index (χ3n) is 7.31. The Morgan fingerprint density at radius 1 is 0.750 bits per heavy atom. The summed E-state index contributed by atoms with van der Waals surface area (Å²) < 4.78 is 10.6. The number of hydrogen-bond acceptors (Lipinski definition) is 5. The van der Waals surface area contributed by atoms with Crippen molar-refractivity contribution in [2.45, 2.75) is 187 Å². The average Bonchev–Trinajstić information content (AvgIpc) is 3.26. The third kappa shape index (κ3) is 24.0. The largest absolute Gasteiger partial charge is 0.394 e. The summed E-state index contributed by atoms with van der Waals surface area (Å²) in [5.41, 5.74) is 0. The van der Waals surface area contributed by atoms with Crippen molar-refractivity contribution < 1.29 is 25.9 Å². The fourth-order valence-corrected chi connectivity index (χ4v) is 4.94. The van der Waals surface area contributed by atoms with E-state index in [0.717, 1.165) is 12.8 Å². The second-order valence-electron chi connectivity index (χ2n) is 10.7. The second kappa shape index (κ2) is 32.9. The summed E-state index contributed by atoms with van der Waals surface area (Å²) in [6.07, 6.45) is 24.5. The highest BCUT2D eigenvalue weighted by Gasteiger charge is 2.41. The van der Waals surface area contributed by atoms with Gasteiger partial charge in [-0.3, -0.25) is 4.79 Å². The fraction of sp³-hybridized carbons (Fsp3) is 0.970. The lowest BCUT2D eigenvalue weighted by Gasteiger charge is -2.18. The van der Waals surface area contributed by atoms with Gasteiger partial charge in [-0.2, -0.15) is 0 Å². The summed E-state index contributed by atoms with van der Waals surface area (Å²) in [5.74, 6) is -0.223. The van der Waals surface area contributed by atoms with Crippen LogP contribution in [0.1, 0.15) is 164 Å². The predicted molar refractivity (Wildman–Crippen MR) is 173 cm³/mol. The summed E-state index contributed by atoms with van der Waals surface area (Å²) in [5, 5.41) is 21.9. The fourth-order valence-electron chi connectivity index (χ4n) is 4.94. The quantitative estimate of drug-likeness (QED) is 0.0767. The Kier molecular flexibility index (Phi) is 34.1. The van der Waals surface area contributed by atoms with E-state index in [1.54, 1.807) is 0 Å². The van der Waals surface area contributed by atoms with Crippen molar-refractivity contribution in [3.63, 3.8) is 0 Å². The minimum Gasteiger partial charge on any atom is -0.394 e. The van der Waals surface area contributed by atoms with Gasteiger partial charge in [-0.1, -0.05) is 157 Å². The Bertz CT molecular complexity index is 518. The van der Waals surface area contributed by atoms with E-state index in [-0.39, 0.29) is 20.5 Å². The van der Waals surface area contributed by atoms with Crippen LogP contribution in [0.3, 0.4) is 0 Å². The van der Waals surface area contributed by atoms with Crippen LogP contribution < -0.4 is 5.32 Å². The Hall–Kier alpha value is -0.625. The Balaban J connectivity index is -0.00000276. The highest BCUT2D eigenvalue weighted by molar-refractivity contribution is 6.11. The van der Waals surface area contributed by atoms with Gasteiger partial charge in [0.2, 0.25) is 5.91 Å². The molecule has 6 nitrogen and oxygen atoms in total. The van der Waals surface area contributed by atoms with Crippen LogP contribution in [0.15, 0.2) is 0 Å². The van der Waals surface area contributed by atoms with Crippen LogP contribution in [-0.4, -0.2) is 68.0 Å². The molecule has 40 heavy (non-hydrogen) atoms. The maximum Gasteiger partial charge on any atom is 0.246 e. The van der Waals surface area contributed by atoms with Gasteiger partial charge in [0.1, 0.15) is 32.8 Å². The van der Waals surface area contributed by atoms with E-state index in [1.165, 1.54) is 116 Å². The summed E-state index contributed by atoms with van der Waals surface area (Å²) >= 11 is 0. The zero-order valence-electron chi connectivity index (χ0n) is 27.3. The van der Waals surface area contributed by atoms with Gasteiger partial charge in [0.25, 0.3) is 0 Å². The Morgan fingerprint density at radius 3 is 1.48 bits per heavy atom. The van der Waals surface area contributed by atoms with E-state index < -0.39 is 24.3 Å². The molecule has 1 fully saturated rings. The van der Waals surface area contributed by atoms with Crippen LogP contribution in [-0.2, 0) is 14.3 Å². The molecule has 0 aromatic heterocycles. The molecule has 1 saturated heterocycles. The molecule has 1 aliphatic rings. The molecule has 3 N–H and O–H groups in total. The van der Waals surface area contributed by atoms with Crippen molar-refractivity contribution in [1.82, 2.24) is 5.32 Å². The number of carbonyl (C=O) groups excluding carboxylic acids is 1. The van der Waals surface area contributed by atoms with Gasteiger partial charge in [0.15, 0.2) is 0 Å². The monoisotopic (exact) mass is 572 g/mol. The van der Waals surface area contributed by atoms with Crippen molar-refractivity contribution in [2.24, 2.45) is 0 Å². The smallest absolute Gasteiger partial charge is 0.246 e. The number of ether oxygens (including phenoxy) is 2. The molecule has 0 aliphatic carbocycles. The zero-order valence-corrected chi connectivity index (χ0v) is 27.3. The number of carbonyl (C=O) groups is 1. The molecule has 4 atom stereocenters. The second-order valence-corrected chi connectivity index (χ2v) is 10.7. The number of nitrogens with one attached hydrogen (secondary N) is 1. The number of aliphatic hydroxyl groups is 2. The molecule has 4 unspecified atom stereocenters. The summed E-state index contributed by atoms with van der Waals surface area (Å²) in [6, 6.07) is -0.838. The van der Waals surface area contributed by atoms with E-state index in [0.29, 0.717) is 6.54 Å². The zero-order chi connectivity index (χ0) is 30.3. The van der Waals surface area contributed by atoms with E-state index in [4.69, 9.17) is 22.4 Å². The number of hydrogen-bond donors (Lipinski definition) is 3. The van der Waals surface area contributed by atoms with Crippen LogP contribution in [0.25, 0.3) is 0 Å². The predicted octanol–water partition coefficient (Wildman–Crippen LogP) is 7.85. The summed E-state index contributed by atoms with van der Waals surface area (Å²) in [6.45, 7) is 10.4. The molecule has 7 heteroatoms. The van der Waals surface area contributed by atoms with E-state index in [1.807, 2.05) is 27.7 Å². The van der Waals surface area contributed by atoms with Crippen molar-refractivity contribution >= 4 is 13.8 Å². The number of amides is 1. The number of unbranched alkanes of at least 4 members (excludes halogenated alkanes) is 19. The van der Waals surface area contributed by atoms with Gasteiger partial charge in [0, 0.05) is 14.0 Å². The lowest BCUT2D eigenvalue weighted by Crippen LogP contribution is -2.39. The maximum atomic E-state index is 11.9. The molecule has 1 rings (SSSR count). The molecule has 0 aromatic carbocycles. The van der Waals surface area contributed by atoms with Crippen molar-refractivity contribution in [1.29, 1.82) is 0 Å². The van der Waals surface area contributed by atoms with Gasteiger partial charge in [-0.05, 0) is 6.42 Å². The number of rotatable bonds is 25. The average molecular weight is 572 g/mol. The molecule has 0 spiro atoms. The molecule has 0 aromatic rings. The molecule has 2 radical (unpaired) electrons. The van der Waals surface area contributed by atoms with E-state index >= 15 is 0 Å². The van der Waals surface area contributed by atoms with Crippen LogP contribution in [0.2, 0.25) is 0 Å². The molecular weight excluding hydrogens is 501 g/mol. The van der Waals surface area contributed by atoms with Crippen LogP contribution in [0.4, 0.5) is 0 Å². The molecule has 0 bridgehead atoms. The molecule has 1 heterocycles. The van der Waals surface area contributed by atoms with Crippen molar-refractivity contribution in [3.8, 4) is 0 Å². The molecule has 1 amide bonds. The van der Waals surface area contributed by atoms with Crippen LogP contribution >= 0.6 is 0 Å². The highest BCUT2D eigenvalue weighted by atomic mass is 16.6. The summed E-state index contributed by atoms with van der Waals surface area (Å²) in [7, 11) is 5.73. The standard InChI is InChI=1S/C29H56BNO5.2C2H6.H2/c1-2-3-4-5-6-7-8-9-10-11-12-13-14-15-16-17-18-19-20-21-22-31-26(33)24-35-28-27(34)25(23-32)36-29(28)30;2*1-2;/h25,27-29,32,34H,2-24H2,1H3,(H,31,33);2*1-2H3;1H. The van der Waals surface area contributed by atoms with E-state index in [2.05, 4.69) is 12.2 Å². The van der Waals surface area contributed by atoms with Crippen LogP contribution in [0, 0.1) is 0 Å². The van der Waals surface area contributed by atoms with Gasteiger partial charge in [-0.15, -0.1) is 0 Å². The number of aliphatic hydroxyl groups excluding tert-OH is 2. The first-order chi connectivity index (χ1) is 19.6. The van der Waals surface area contributed by atoms with Crippen molar-refractivity contribution in [2.75, 3.05) is 19.8 Å². The van der Waals surface area contributed by atoms with Gasteiger partial charge < -0.3 is 25.0 Å². The van der Waals surface area contributed by atoms with Gasteiger partial charge in [0.05, 0.1) is 6.61 Å². The molecule has 240 valence electrons. The topological polar surface area (TPSA) is 88.0 Å². The normalized spacial score (nSPS) is 19.9. The first kappa shape index (κ1) is 41.5. The molecule has 0 saturated carbocycles. The molecule has 1 aliphatic heterocycles. The minimum atomic E-state index is -1.03. The lowest BCUT2D eigenvalue weighted by molar-refractivity contribution is -0.129. The lowest BCUT2D eigenvalue weighted by atomic mass is 9.93.